The maximum atomic E-state index is 4.91. The van der Waals surface area contributed by atoms with E-state index in [4.69, 9.17) is 12.2 Å². The van der Waals surface area contributed by atoms with Gasteiger partial charge in [0.15, 0.2) is 0 Å². The van der Waals surface area contributed by atoms with Crippen LogP contribution in [0.15, 0.2) is 18.2 Å². The summed E-state index contributed by atoms with van der Waals surface area (Å²) >= 11 is 4.91. The molecule has 17 heavy (non-hydrogen) atoms. The first kappa shape index (κ1) is 12.0. The van der Waals surface area contributed by atoms with Gasteiger partial charge in [-0.3, -0.25) is 10.2 Å². The highest BCUT2D eigenvalue weighted by Crippen LogP contribution is 2.13. The summed E-state index contributed by atoms with van der Waals surface area (Å²) in [6, 6.07) is 6.62. The van der Waals surface area contributed by atoms with Crippen molar-refractivity contribution in [2.75, 3.05) is 0 Å². The smallest absolute Gasteiger partial charge is 0.213 e. The lowest BCUT2D eigenvalue weighted by Gasteiger charge is -2.05. The number of aryl methyl sites for hydroxylation is 4. The van der Waals surface area contributed by atoms with Crippen LogP contribution >= 0.6 is 12.2 Å². The van der Waals surface area contributed by atoms with Gasteiger partial charge in [-0.1, -0.05) is 23.8 Å². The molecule has 4 heteroatoms. The first-order chi connectivity index (χ1) is 8.15. The Labute approximate surface area is 106 Å². The summed E-state index contributed by atoms with van der Waals surface area (Å²) < 4.78 is 0.534. The van der Waals surface area contributed by atoms with Crippen molar-refractivity contribution in [2.24, 2.45) is 0 Å². The molecule has 2 N–H and O–H groups in total. The van der Waals surface area contributed by atoms with E-state index in [0.29, 0.717) is 4.77 Å². The van der Waals surface area contributed by atoms with Crippen molar-refractivity contribution in [3.05, 3.63) is 45.5 Å². The quantitative estimate of drug-likeness (QED) is 0.814. The van der Waals surface area contributed by atoms with E-state index in [1.54, 1.807) is 0 Å². The number of aromatic amines is 2. The van der Waals surface area contributed by atoms with Gasteiger partial charge in [0.2, 0.25) is 4.77 Å². The first-order valence-corrected chi connectivity index (χ1v) is 6.25. The van der Waals surface area contributed by atoms with Crippen molar-refractivity contribution < 1.29 is 0 Å². The van der Waals surface area contributed by atoms with Gasteiger partial charge in [-0.25, -0.2) is 4.98 Å². The Bertz CT molecular complexity index is 554. The minimum absolute atomic E-state index is 0.534. The van der Waals surface area contributed by atoms with Crippen molar-refractivity contribution >= 4 is 12.2 Å². The first-order valence-electron chi connectivity index (χ1n) is 5.85. The van der Waals surface area contributed by atoms with E-state index in [9.17, 15) is 0 Å². The van der Waals surface area contributed by atoms with Crippen molar-refractivity contribution in [3.63, 3.8) is 0 Å². The van der Waals surface area contributed by atoms with E-state index < -0.39 is 0 Å². The van der Waals surface area contributed by atoms with Gasteiger partial charge in [-0.2, -0.15) is 0 Å². The molecule has 0 radical (unpaired) electrons. The number of H-pyrrole nitrogens is 2. The molecule has 1 aromatic heterocycles. The molecule has 1 heterocycles. The standard InChI is InChI=1S/C13H17N3S/c1-9-6-7-11(10(2)8-9)4-3-5-12-14-13(17)16-15-12/h6-8H,3-5H2,1-2H3,(H2,14,15,16,17). The number of nitrogens with one attached hydrogen (secondary N) is 2. The third-order valence-corrected chi connectivity index (χ3v) is 3.10. The Morgan fingerprint density at radius 3 is 2.65 bits per heavy atom. The van der Waals surface area contributed by atoms with Crippen LogP contribution in [0, 0.1) is 18.6 Å². The van der Waals surface area contributed by atoms with Crippen LogP contribution in [-0.2, 0) is 12.8 Å². The van der Waals surface area contributed by atoms with Crippen LogP contribution < -0.4 is 0 Å². The summed E-state index contributed by atoms with van der Waals surface area (Å²) in [7, 11) is 0. The molecule has 90 valence electrons. The van der Waals surface area contributed by atoms with Crippen molar-refractivity contribution in [1.29, 1.82) is 0 Å². The molecule has 0 aliphatic heterocycles. The molecular formula is C13H17N3S. The Morgan fingerprint density at radius 2 is 2.00 bits per heavy atom. The Morgan fingerprint density at radius 1 is 1.18 bits per heavy atom. The minimum Gasteiger partial charge on any atom is -0.286 e. The van der Waals surface area contributed by atoms with Gasteiger partial charge in [0.1, 0.15) is 5.82 Å². The third kappa shape index (κ3) is 3.27. The zero-order valence-electron chi connectivity index (χ0n) is 10.2. The molecule has 2 aromatic rings. The van der Waals surface area contributed by atoms with Gasteiger partial charge in [-0.05, 0) is 50.0 Å². The lowest BCUT2D eigenvalue weighted by Crippen LogP contribution is -1.94. The second-order valence-corrected chi connectivity index (χ2v) is 4.78. The number of benzene rings is 1. The van der Waals surface area contributed by atoms with E-state index >= 15 is 0 Å². The molecule has 0 unspecified atom stereocenters. The van der Waals surface area contributed by atoms with Crippen LogP contribution in [0.25, 0.3) is 0 Å². The maximum Gasteiger partial charge on any atom is 0.213 e. The van der Waals surface area contributed by atoms with Gasteiger partial charge in [0.25, 0.3) is 0 Å². The minimum atomic E-state index is 0.534. The second-order valence-electron chi connectivity index (χ2n) is 4.40. The lowest BCUT2D eigenvalue weighted by molar-refractivity contribution is 0.772. The number of rotatable bonds is 4. The van der Waals surface area contributed by atoms with Crippen LogP contribution in [-0.4, -0.2) is 15.2 Å². The lowest BCUT2D eigenvalue weighted by atomic mass is 10.0. The normalized spacial score (nSPS) is 10.7. The van der Waals surface area contributed by atoms with Gasteiger partial charge in [-0.15, -0.1) is 0 Å². The molecular weight excluding hydrogens is 230 g/mol. The second kappa shape index (κ2) is 5.27. The van der Waals surface area contributed by atoms with Crippen molar-refractivity contribution in [2.45, 2.75) is 33.1 Å². The molecule has 0 saturated heterocycles. The summed E-state index contributed by atoms with van der Waals surface area (Å²) in [6.07, 6.45) is 3.10. The van der Waals surface area contributed by atoms with Crippen molar-refractivity contribution in [3.8, 4) is 0 Å². The van der Waals surface area contributed by atoms with Crippen LogP contribution in [0.2, 0.25) is 0 Å². The van der Waals surface area contributed by atoms with Gasteiger partial charge in [0.05, 0.1) is 0 Å². The van der Waals surface area contributed by atoms with Gasteiger partial charge in [0, 0.05) is 6.42 Å². The van der Waals surface area contributed by atoms with E-state index in [0.717, 1.165) is 25.1 Å². The SMILES string of the molecule is Cc1ccc(CCCc2nc(=S)[nH][nH]2)c(C)c1. The number of hydrogen-bond donors (Lipinski definition) is 2. The molecule has 0 saturated carbocycles. The molecule has 3 nitrogen and oxygen atoms in total. The van der Waals surface area contributed by atoms with E-state index in [1.165, 1.54) is 16.7 Å². The summed E-state index contributed by atoms with van der Waals surface area (Å²) in [6.45, 7) is 4.30. The van der Waals surface area contributed by atoms with E-state index in [1.807, 2.05) is 0 Å². The molecule has 1 aromatic carbocycles. The number of aromatic nitrogens is 3. The maximum absolute atomic E-state index is 4.91. The number of hydrogen-bond acceptors (Lipinski definition) is 2. The third-order valence-electron chi connectivity index (χ3n) is 2.91. The average Bonchev–Trinajstić information content (AvgIpc) is 2.68. The molecule has 0 fully saturated rings. The van der Waals surface area contributed by atoms with Crippen LogP contribution in [0.3, 0.4) is 0 Å². The van der Waals surface area contributed by atoms with Crippen LogP contribution in [0.4, 0.5) is 0 Å². The highest BCUT2D eigenvalue weighted by molar-refractivity contribution is 7.71. The van der Waals surface area contributed by atoms with Crippen LogP contribution in [0.1, 0.15) is 28.9 Å². The summed E-state index contributed by atoms with van der Waals surface area (Å²) in [5, 5.41) is 5.79. The predicted molar refractivity (Wildman–Crippen MR) is 71.7 cm³/mol. The summed E-state index contributed by atoms with van der Waals surface area (Å²) in [4.78, 5) is 4.18. The molecule has 0 aliphatic carbocycles. The largest absolute Gasteiger partial charge is 0.286 e. The van der Waals surface area contributed by atoms with E-state index in [-0.39, 0.29) is 0 Å². The fourth-order valence-electron chi connectivity index (χ4n) is 2.00. The Kier molecular flexibility index (Phi) is 3.74. The molecule has 0 aliphatic rings. The summed E-state index contributed by atoms with van der Waals surface area (Å²) in [5.74, 6) is 0.944. The average molecular weight is 247 g/mol. The van der Waals surface area contributed by atoms with E-state index in [2.05, 4.69) is 47.2 Å². The molecule has 0 amide bonds. The fraction of sp³-hybridized carbons (Fsp3) is 0.385. The molecule has 0 atom stereocenters. The van der Waals surface area contributed by atoms with Crippen molar-refractivity contribution in [1.82, 2.24) is 15.2 Å². The monoisotopic (exact) mass is 247 g/mol. The fourth-order valence-corrected chi connectivity index (χ4v) is 2.16. The highest BCUT2D eigenvalue weighted by atomic mass is 32.1. The zero-order chi connectivity index (χ0) is 12.3. The Balaban J connectivity index is 1.92. The molecule has 0 bridgehead atoms. The number of nitrogens with zero attached hydrogens (tertiary/aromatic N) is 1. The predicted octanol–water partition coefficient (Wildman–Crippen LogP) is 3.26. The molecule has 0 spiro atoms. The molecule has 2 rings (SSSR count). The van der Waals surface area contributed by atoms with Gasteiger partial charge >= 0.3 is 0 Å². The van der Waals surface area contributed by atoms with Gasteiger partial charge < -0.3 is 0 Å². The van der Waals surface area contributed by atoms with Crippen LogP contribution in [0.5, 0.6) is 0 Å². The Hall–Kier alpha value is -1.42. The highest BCUT2D eigenvalue weighted by Gasteiger charge is 2.01. The zero-order valence-corrected chi connectivity index (χ0v) is 11.0. The topological polar surface area (TPSA) is 44.5 Å². The summed E-state index contributed by atoms with van der Waals surface area (Å²) in [5.41, 5.74) is 4.12.